The second-order valence-electron chi connectivity index (χ2n) is 5.71. The maximum absolute atomic E-state index is 5.50. The van der Waals surface area contributed by atoms with Crippen molar-refractivity contribution in [3.05, 3.63) is 47.5 Å². The summed E-state index contributed by atoms with van der Waals surface area (Å²) < 4.78 is 16.3. The first-order chi connectivity index (χ1) is 12.8. The van der Waals surface area contributed by atoms with Crippen molar-refractivity contribution in [1.82, 2.24) is 9.97 Å². The maximum atomic E-state index is 5.50. The Balaban J connectivity index is 1.37. The van der Waals surface area contributed by atoms with E-state index < -0.39 is 0 Å². The molecule has 0 bridgehead atoms. The summed E-state index contributed by atoms with van der Waals surface area (Å²) in [6, 6.07) is 9.88. The fourth-order valence-corrected chi connectivity index (χ4v) is 3.45. The van der Waals surface area contributed by atoms with E-state index in [1.807, 2.05) is 36.6 Å². The van der Waals surface area contributed by atoms with Crippen molar-refractivity contribution in [3.63, 3.8) is 0 Å². The number of nitrogens with zero attached hydrogens (tertiary/aromatic N) is 2. The summed E-state index contributed by atoms with van der Waals surface area (Å²) in [6.07, 6.45) is 2.63. The Hall–Kier alpha value is -2.80. The lowest BCUT2D eigenvalue weighted by molar-refractivity contribution is 0.174. The Morgan fingerprint density at radius 2 is 2.12 bits per heavy atom. The summed E-state index contributed by atoms with van der Waals surface area (Å²) in [6.45, 7) is 3.69. The molecule has 134 valence electrons. The number of aromatic nitrogens is 2. The number of ether oxygens (including phenoxy) is 3. The first kappa shape index (κ1) is 16.7. The molecule has 3 heterocycles. The standard InChI is InChI=1S/C19H19N3O3S/c1-2-23-14-10-17(26-11-14)19-21-8-6-18(22-19)20-7-5-13-3-4-15-16(9-13)25-12-24-15/h3-4,6,8-11H,2,5,7,12H2,1H3,(H,20,21,22). The summed E-state index contributed by atoms with van der Waals surface area (Å²) in [5.41, 5.74) is 1.19. The molecule has 7 heteroatoms. The molecule has 0 atom stereocenters. The van der Waals surface area contributed by atoms with Crippen molar-refractivity contribution in [2.45, 2.75) is 13.3 Å². The number of hydrogen-bond acceptors (Lipinski definition) is 7. The topological polar surface area (TPSA) is 65.5 Å². The van der Waals surface area contributed by atoms with Crippen molar-refractivity contribution < 1.29 is 14.2 Å². The Bertz CT molecular complexity index is 897. The number of rotatable bonds is 7. The number of anilines is 1. The molecule has 0 fully saturated rings. The number of thiophene rings is 1. The van der Waals surface area contributed by atoms with Crippen molar-refractivity contribution in [3.8, 4) is 28.0 Å². The summed E-state index contributed by atoms with van der Waals surface area (Å²) >= 11 is 1.58. The van der Waals surface area contributed by atoms with Gasteiger partial charge in [-0.2, -0.15) is 0 Å². The molecule has 0 radical (unpaired) electrons. The minimum absolute atomic E-state index is 0.300. The van der Waals surface area contributed by atoms with Crippen LogP contribution < -0.4 is 19.5 Å². The molecule has 0 unspecified atom stereocenters. The quantitative estimate of drug-likeness (QED) is 0.679. The van der Waals surface area contributed by atoms with E-state index in [1.165, 1.54) is 5.56 Å². The summed E-state index contributed by atoms with van der Waals surface area (Å²) in [5, 5.41) is 5.33. The lowest BCUT2D eigenvalue weighted by atomic mass is 10.1. The number of benzene rings is 1. The van der Waals surface area contributed by atoms with Gasteiger partial charge in [0.1, 0.15) is 11.6 Å². The number of fused-ring (bicyclic) bond motifs is 1. The Kier molecular flexibility index (Phi) is 4.88. The average molecular weight is 369 g/mol. The van der Waals surface area contributed by atoms with Crippen LogP contribution in [0.15, 0.2) is 41.9 Å². The van der Waals surface area contributed by atoms with Gasteiger partial charge in [-0.3, -0.25) is 0 Å². The molecule has 3 aromatic rings. The van der Waals surface area contributed by atoms with Crippen molar-refractivity contribution >= 4 is 17.2 Å². The average Bonchev–Trinajstić information content (AvgIpc) is 3.31. The van der Waals surface area contributed by atoms with Gasteiger partial charge >= 0.3 is 0 Å². The predicted octanol–water partition coefficient (Wildman–Crippen LogP) is 3.99. The summed E-state index contributed by atoms with van der Waals surface area (Å²) in [7, 11) is 0. The molecule has 0 saturated heterocycles. The third-order valence-corrected chi connectivity index (χ3v) is 4.82. The molecule has 6 nitrogen and oxygen atoms in total. The highest BCUT2D eigenvalue weighted by atomic mass is 32.1. The zero-order valence-corrected chi connectivity index (χ0v) is 15.2. The van der Waals surface area contributed by atoms with Crippen LogP contribution in [0.5, 0.6) is 17.2 Å². The van der Waals surface area contributed by atoms with Crippen LogP contribution in [0, 0.1) is 0 Å². The molecular formula is C19H19N3O3S. The zero-order valence-electron chi connectivity index (χ0n) is 14.4. The van der Waals surface area contributed by atoms with Gasteiger partial charge in [0.25, 0.3) is 0 Å². The fourth-order valence-electron chi connectivity index (χ4n) is 2.69. The van der Waals surface area contributed by atoms with E-state index in [0.29, 0.717) is 19.2 Å². The molecule has 1 N–H and O–H groups in total. The largest absolute Gasteiger partial charge is 0.493 e. The van der Waals surface area contributed by atoms with Gasteiger partial charge in [-0.15, -0.1) is 11.3 Å². The van der Waals surface area contributed by atoms with E-state index in [-0.39, 0.29) is 0 Å². The van der Waals surface area contributed by atoms with Crippen LogP contribution in [-0.4, -0.2) is 29.9 Å². The molecule has 26 heavy (non-hydrogen) atoms. The van der Waals surface area contributed by atoms with Crippen LogP contribution >= 0.6 is 11.3 Å². The van der Waals surface area contributed by atoms with Crippen LogP contribution in [0.2, 0.25) is 0 Å². The van der Waals surface area contributed by atoms with Crippen molar-refractivity contribution in [2.75, 3.05) is 25.3 Å². The molecule has 1 aromatic carbocycles. The highest BCUT2D eigenvalue weighted by Gasteiger charge is 2.13. The molecule has 2 aromatic heterocycles. The van der Waals surface area contributed by atoms with Gasteiger partial charge in [-0.1, -0.05) is 6.07 Å². The van der Waals surface area contributed by atoms with Gasteiger partial charge in [-0.25, -0.2) is 9.97 Å². The maximum Gasteiger partial charge on any atom is 0.231 e. The summed E-state index contributed by atoms with van der Waals surface area (Å²) in [4.78, 5) is 9.95. The third kappa shape index (κ3) is 3.72. The molecule has 1 aliphatic heterocycles. The minimum Gasteiger partial charge on any atom is -0.493 e. The lowest BCUT2D eigenvalue weighted by Crippen LogP contribution is -2.07. The number of nitrogens with one attached hydrogen (secondary N) is 1. The van der Waals surface area contributed by atoms with Crippen LogP contribution in [0.25, 0.3) is 10.7 Å². The van der Waals surface area contributed by atoms with Gasteiger partial charge in [0, 0.05) is 24.2 Å². The molecule has 4 rings (SSSR count). The second kappa shape index (κ2) is 7.61. The van der Waals surface area contributed by atoms with E-state index in [0.717, 1.165) is 40.9 Å². The highest BCUT2D eigenvalue weighted by molar-refractivity contribution is 7.13. The minimum atomic E-state index is 0.300. The molecule has 0 spiro atoms. The molecule has 0 aliphatic carbocycles. The smallest absolute Gasteiger partial charge is 0.231 e. The Morgan fingerprint density at radius 3 is 3.04 bits per heavy atom. The van der Waals surface area contributed by atoms with Gasteiger partial charge in [-0.05, 0) is 37.1 Å². The second-order valence-corrected chi connectivity index (χ2v) is 6.62. The van der Waals surface area contributed by atoms with Crippen LogP contribution in [-0.2, 0) is 6.42 Å². The normalized spacial score (nSPS) is 12.2. The number of hydrogen-bond donors (Lipinski definition) is 1. The lowest BCUT2D eigenvalue weighted by Gasteiger charge is -2.07. The van der Waals surface area contributed by atoms with E-state index in [1.54, 1.807) is 17.5 Å². The van der Waals surface area contributed by atoms with Gasteiger partial charge in [0.2, 0.25) is 6.79 Å². The van der Waals surface area contributed by atoms with Gasteiger partial charge in [0.15, 0.2) is 17.3 Å². The third-order valence-electron chi connectivity index (χ3n) is 3.92. The summed E-state index contributed by atoms with van der Waals surface area (Å²) in [5.74, 6) is 3.99. The van der Waals surface area contributed by atoms with Crippen molar-refractivity contribution in [2.24, 2.45) is 0 Å². The molecular weight excluding hydrogens is 350 g/mol. The molecule has 0 saturated carbocycles. The van der Waals surface area contributed by atoms with E-state index in [9.17, 15) is 0 Å². The monoisotopic (exact) mass is 369 g/mol. The Labute approximate surface area is 155 Å². The predicted molar refractivity (Wildman–Crippen MR) is 101 cm³/mol. The van der Waals surface area contributed by atoms with Crippen LogP contribution in [0.3, 0.4) is 0 Å². The molecule has 0 amide bonds. The highest BCUT2D eigenvalue weighted by Crippen LogP contribution is 2.32. The SMILES string of the molecule is CCOc1csc(-c2nccc(NCCc3ccc4c(c3)OCO4)n2)c1. The molecule has 1 aliphatic rings. The Morgan fingerprint density at radius 1 is 1.19 bits per heavy atom. The van der Waals surface area contributed by atoms with Gasteiger partial charge < -0.3 is 19.5 Å². The van der Waals surface area contributed by atoms with E-state index in [2.05, 4.69) is 21.4 Å². The van der Waals surface area contributed by atoms with Crippen molar-refractivity contribution in [1.29, 1.82) is 0 Å². The van der Waals surface area contributed by atoms with E-state index >= 15 is 0 Å². The van der Waals surface area contributed by atoms with Crippen LogP contribution in [0.1, 0.15) is 12.5 Å². The van der Waals surface area contributed by atoms with Crippen LogP contribution in [0.4, 0.5) is 5.82 Å². The first-order valence-corrected chi connectivity index (χ1v) is 9.37. The van der Waals surface area contributed by atoms with E-state index in [4.69, 9.17) is 14.2 Å². The fraction of sp³-hybridized carbons (Fsp3) is 0.263. The first-order valence-electron chi connectivity index (χ1n) is 8.49. The zero-order chi connectivity index (χ0) is 17.8. The van der Waals surface area contributed by atoms with Gasteiger partial charge in [0.05, 0.1) is 11.5 Å².